The van der Waals surface area contributed by atoms with E-state index in [1.165, 1.54) is 42.1 Å². The third-order valence-corrected chi connectivity index (χ3v) is 6.65. The van der Waals surface area contributed by atoms with Gasteiger partial charge in [0.1, 0.15) is 5.03 Å². The lowest BCUT2D eigenvalue weighted by atomic mass is 10.2. The summed E-state index contributed by atoms with van der Waals surface area (Å²) in [6.45, 7) is 0. The number of aromatic carboxylic acids is 1. The Kier molecular flexibility index (Phi) is 6.96. The second-order valence-corrected chi connectivity index (χ2v) is 9.21. The van der Waals surface area contributed by atoms with Crippen LogP contribution in [0.5, 0.6) is 0 Å². The number of carboxylic acids is 1. The van der Waals surface area contributed by atoms with Crippen LogP contribution >= 0.6 is 35.1 Å². The molecule has 2 N–H and O–H groups in total. The molecule has 0 spiro atoms. The standard InChI is InChI=1S/C22H13ClN4O5S2/c23-15-6-5-13(11-14(15)21(29)30)25-22-26-20(28)18(34-22)10-12-4-7-17(16(9-12)27(31)32)33-19-3-1-2-8-24-19/h1-11H,(H,29,30)(H,25,26,28)/b18-10-. The van der Waals surface area contributed by atoms with Crippen LogP contribution in [-0.4, -0.2) is 32.1 Å². The number of halogens is 1. The van der Waals surface area contributed by atoms with E-state index >= 15 is 0 Å². The Bertz CT molecular complexity index is 1380. The molecule has 0 unspecified atom stereocenters. The quantitative estimate of drug-likeness (QED) is 0.255. The third-order valence-electron chi connectivity index (χ3n) is 4.39. The van der Waals surface area contributed by atoms with E-state index in [0.29, 0.717) is 21.2 Å². The van der Waals surface area contributed by atoms with Gasteiger partial charge in [-0.25, -0.2) is 14.8 Å². The molecule has 1 amide bonds. The van der Waals surface area contributed by atoms with Crippen molar-refractivity contribution in [1.29, 1.82) is 0 Å². The molecule has 0 radical (unpaired) electrons. The highest BCUT2D eigenvalue weighted by Crippen LogP contribution is 2.36. The van der Waals surface area contributed by atoms with Gasteiger partial charge in [0.25, 0.3) is 11.6 Å². The van der Waals surface area contributed by atoms with Crippen molar-refractivity contribution in [2.24, 2.45) is 4.99 Å². The first-order valence-corrected chi connectivity index (χ1v) is 11.5. The summed E-state index contributed by atoms with van der Waals surface area (Å²) in [7, 11) is 0. The number of hydrogen-bond donors (Lipinski definition) is 2. The van der Waals surface area contributed by atoms with Crippen LogP contribution < -0.4 is 5.32 Å². The number of aromatic nitrogens is 1. The number of amidine groups is 1. The molecule has 1 aliphatic rings. The number of carboxylic acid groups (broad SMARTS) is 1. The Labute approximate surface area is 206 Å². The van der Waals surface area contributed by atoms with E-state index in [0.717, 1.165) is 11.8 Å². The molecular weight excluding hydrogens is 500 g/mol. The molecule has 1 fully saturated rings. The predicted octanol–water partition coefficient (Wildman–Crippen LogP) is 5.38. The average molecular weight is 513 g/mol. The molecule has 34 heavy (non-hydrogen) atoms. The summed E-state index contributed by atoms with van der Waals surface area (Å²) in [6, 6.07) is 14.2. The monoisotopic (exact) mass is 512 g/mol. The van der Waals surface area contributed by atoms with Gasteiger partial charge in [-0.3, -0.25) is 14.9 Å². The van der Waals surface area contributed by atoms with E-state index in [-0.39, 0.29) is 26.3 Å². The maximum Gasteiger partial charge on any atom is 0.337 e. The number of amides is 1. The van der Waals surface area contributed by atoms with Crippen molar-refractivity contribution in [3.05, 3.63) is 92.0 Å². The van der Waals surface area contributed by atoms with Crippen LogP contribution in [0.4, 0.5) is 11.4 Å². The number of rotatable bonds is 6. The molecular formula is C22H13ClN4O5S2. The molecule has 0 atom stereocenters. The molecule has 1 saturated heterocycles. The third kappa shape index (κ3) is 5.45. The molecule has 170 valence electrons. The maximum absolute atomic E-state index is 12.4. The number of aliphatic imine (C=N–C) groups is 1. The first-order chi connectivity index (χ1) is 16.3. The van der Waals surface area contributed by atoms with Crippen molar-refractivity contribution in [3.8, 4) is 0 Å². The van der Waals surface area contributed by atoms with Crippen LogP contribution in [-0.2, 0) is 4.79 Å². The van der Waals surface area contributed by atoms with Crippen LogP contribution in [0.1, 0.15) is 15.9 Å². The van der Waals surface area contributed by atoms with E-state index in [4.69, 9.17) is 11.6 Å². The van der Waals surface area contributed by atoms with Crippen molar-refractivity contribution in [2.45, 2.75) is 9.92 Å². The first-order valence-electron chi connectivity index (χ1n) is 9.50. The van der Waals surface area contributed by atoms with Crippen LogP contribution in [0.3, 0.4) is 0 Å². The molecule has 0 saturated carbocycles. The largest absolute Gasteiger partial charge is 0.478 e. The van der Waals surface area contributed by atoms with E-state index in [9.17, 15) is 24.8 Å². The van der Waals surface area contributed by atoms with Gasteiger partial charge in [-0.2, -0.15) is 0 Å². The summed E-state index contributed by atoms with van der Waals surface area (Å²) < 4.78 is 0. The van der Waals surface area contributed by atoms with E-state index in [1.807, 2.05) is 0 Å². The lowest BCUT2D eigenvalue weighted by molar-refractivity contribution is -0.387. The molecule has 2 heterocycles. The topological polar surface area (TPSA) is 135 Å². The highest BCUT2D eigenvalue weighted by Gasteiger charge is 2.25. The number of nitro groups is 1. The second kappa shape index (κ2) is 10.1. The first kappa shape index (κ1) is 23.5. The molecule has 9 nitrogen and oxygen atoms in total. The van der Waals surface area contributed by atoms with Crippen LogP contribution in [0.15, 0.2) is 80.6 Å². The zero-order chi connectivity index (χ0) is 24.2. The van der Waals surface area contributed by atoms with Crippen molar-refractivity contribution in [2.75, 3.05) is 0 Å². The number of hydrogen-bond acceptors (Lipinski definition) is 8. The fraction of sp³-hybridized carbons (Fsp3) is 0. The van der Waals surface area contributed by atoms with E-state index in [2.05, 4.69) is 15.3 Å². The summed E-state index contributed by atoms with van der Waals surface area (Å²) in [5.74, 6) is -1.62. The maximum atomic E-state index is 12.4. The van der Waals surface area contributed by atoms with Crippen molar-refractivity contribution >= 4 is 69.6 Å². The van der Waals surface area contributed by atoms with Gasteiger partial charge in [-0.1, -0.05) is 35.5 Å². The second-order valence-electron chi connectivity index (χ2n) is 6.71. The number of carbonyl (C=O) groups is 2. The number of carbonyl (C=O) groups excluding carboxylic acids is 1. The molecule has 4 rings (SSSR count). The minimum atomic E-state index is -1.19. The summed E-state index contributed by atoms with van der Waals surface area (Å²) in [6.07, 6.45) is 3.13. The Morgan fingerprint density at radius 3 is 2.76 bits per heavy atom. The Balaban J connectivity index is 1.58. The van der Waals surface area contributed by atoms with Crippen LogP contribution in [0.2, 0.25) is 5.02 Å². The van der Waals surface area contributed by atoms with Crippen molar-refractivity contribution in [3.63, 3.8) is 0 Å². The molecule has 1 aliphatic heterocycles. The summed E-state index contributed by atoms with van der Waals surface area (Å²) in [5, 5.41) is 24.3. The van der Waals surface area contributed by atoms with Gasteiger partial charge in [0, 0.05) is 12.3 Å². The SMILES string of the molecule is O=C1NC(=Nc2ccc(Cl)c(C(=O)O)c2)S/C1=C\c1ccc(Sc2ccccn2)c([N+](=O)[O-])c1. The normalized spacial score (nSPS) is 15.5. The van der Waals surface area contributed by atoms with Gasteiger partial charge >= 0.3 is 5.97 Å². The number of nitro benzene ring substituents is 1. The van der Waals surface area contributed by atoms with Crippen molar-refractivity contribution < 1.29 is 19.6 Å². The average Bonchev–Trinajstić information content (AvgIpc) is 3.14. The predicted molar refractivity (Wildman–Crippen MR) is 131 cm³/mol. The lowest BCUT2D eigenvalue weighted by Gasteiger charge is -2.04. The summed E-state index contributed by atoms with van der Waals surface area (Å²) >= 11 is 8.07. The zero-order valence-corrected chi connectivity index (χ0v) is 19.4. The smallest absolute Gasteiger partial charge is 0.337 e. The Morgan fingerprint density at radius 2 is 2.06 bits per heavy atom. The van der Waals surface area contributed by atoms with Crippen molar-refractivity contribution in [1.82, 2.24) is 10.3 Å². The molecule has 1 aromatic heterocycles. The van der Waals surface area contributed by atoms with Crippen LogP contribution in [0.25, 0.3) is 6.08 Å². The number of nitrogens with one attached hydrogen (secondary N) is 1. The number of benzene rings is 2. The minimum Gasteiger partial charge on any atom is -0.478 e. The highest BCUT2D eigenvalue weighted by atomic mass is 35.5. The molecule has 3 aromatic rings. The number of nitrogens with zero attached hydrogens (tertiary/aromatic N) is 3. The van der Waals surface area contributed by atoms with Crippen LogP contribution in [0, 0.1) is 10.1 Å². The Hall–Kier alpha value is -3.67. The zero-order valence-electron chi connectivity index (χ0n) is 17.0. The summed E-state index contributed by atoms with van der Waals surface area (Å²) in [5.41, 5.74) is 0.558. The molecule has 0 aliphatic carbocycles. The highest BCUT2D eigenvalue weighted by molar-refractivity contribution is 8.18. The van der Waals surface area contributed by atoms with Gasteiger partial charge < -0.3 is 10.4 Å². The van der Waals surface area contributed by atoms with E-state index < -0.39 is 16.8 Å². The Morgan fingerprint density at radius 1 is 1.24 bits per heavy atom. The minimum absolute atomic E-state index is 0.0754. The molecule has 12 heteroatoms. The molecule has 2 aromatic carbocycles. The molecule has 0 bridgehead atoms. The van der Waals surface area contributed by atoms with Gasteiger partial charge in [0.05, 0.1) is 31.0 Å². The fourth-order valence-electron chi connectivity index (χ4n) is 2.87. The lowest BCUT2D eigenvalue weighted by Crippen LogP contribution is -2.19. The van der Waals surface area contributed by atoms with Gasteiger partial charge in [-0.15, -0.1) is 0 Å². The van der Waals surface area contributed by atoms with Gasteiger partial charge in [0.15, 0.2) is 5.17 Å². The number of pyridine rings is 1. The van der Waals surface area contributed by atoms with Gasteiger partial charge in [-0.05, 0) is 59.8 Å². The number of thioether (sulfide) groups is 1. The fourth-order valence-corrected chi connectivity index (χ4v) is 4.77. The van der Waals surface area contributed by atoms with E-state index in [1.54, 1.807) is 36.5 Å². The van der Waals surface area contributed by atoms with Gasteiger partial charge in [0.2, 0.25) is 0 Å². The summed E-state index contributed by atoms with van der Waals surface area (Å²) in [4.78, 5) is 43.9.